The van der Waals surface area contributed by atoms with E-state index in [4.69, 9.17) is 11.1 Å². The zero-order valence-corrected chi connectivity index (χ0v) is 15.3. The topological polar surface area (TPSA) is 206 Å². The van der Waals surface area contributed by atoms with Crippen molar-refractivity contribution in [3.8, 4) is 0 Å². The van der Waals surface area contributed by atoms with E-state index in [2.05, 4.69) is 20.1 Å². The molecule has 0 bridgehead atoms. The second-order valence-electron chi connectivity index (χ2n) is 5.06. The summed E-state index contributed by atoms with van der Waals surface area (Å²) in [6, 6.07) is 9.27. The monoisotopic (exact) mass is 422 g/mol. The fourth-order valence-corrected chi connectivity index (χ4v) is 3.92. The number of rotatable bonds is 6. The third-order valence-corrected chi connectivity index (χ3v) is 5.15. The first-order valence-electron chi connectivity index (χ1n) is 7.09. The van der Waals surface area contributed by atoms with E-state index < -0.39 is 41.4 Å². The van der Waals surface area contributed by atoms with Crippen molar-refractivity contribution in [2.24, 2.45) is 10.2 Å². The normalized spacial score (nSPS) is 11.6. The molecular formula is C14H10N6O6S2. The summed E-state index contributed by atoms with van der Waals surface area (Å²) >= 11 is 0. The lowest BCUT2D eigenvalue weighted by molar-refractivity contribution is 0.482. The molecule has 144 valence electrons. The molecule has 2 aromatic rings. The van der Waals surface area contributed by atoms with Gasteiger partial charge in [0.1, 0.15) is 9.79 Å². The lowest BCUT2D eigenvalue weighted by Crippen LogP contribution is -2.07. The summed E-state index contributed by atoms with van der Waals surface area (Å²) in [5.74, 6) is 0. The van der Waals surface area contributed by atoms with Crippen molar-refractivity contribution < 1.29 is 25.9 Å². The van der Waals surface area contributed by atoms with Crippen molar-refractivity contribution in [1.29, 1.82) is 0 Å². The molecule has 0 amide bonds. The molecule has 0 aliphatic heterocycles. The second-order valence-corrected chi connectivity index (χ2v) is 7.78. The van der Waals surface area contributed by atoms with E-state index in [-0.39, 0.29) is 5.56 Å². The number of benzene rings is 2. The highest BCUT2D eigenvalue weighted by molar-refractivity contribution is 7.87. The fourth-order valence-electron chi connectivity index (χ4n) is 2.30. The molecule has 2 rings (SSSR count). The average molecular weight is 422 g/mol. The van der Waals surface area contributed by atoms with Gasteiger partial charge in [0, 0.05) is 9.82 Å². The molecule has 0 atom stereocenters. The maximum absolute atomic E-state index is 11.9. The van der Waals surface area contributed by atoms with Crippen LogP contribution in [-0.4, -0.2) is 25.9 Å². The van der Waals surface area contributed by atoms with Gasteiger partial charge in [0.05, 0.1) is 11.4 Å². The van der Waals surface area contributed by atoms with Crippen LogP contribution in [0.3, 0.4) is 0 Å². The van der Waals surface area contributed by atoms with Crippen molar-refractivity contribution >= 4 is 43.8 Å². The van der Waals surface area contributed by atoms with Crippen molar-refractivity contribution in [1.82, 2.24) is 0 Å². The summed E-state index contributed by atoms with van der Waals surface area (Å²) in [5.41, 5.74) is 15.8. The van der Waals surface area contributed by atoms with Gasteiger partial charge in [-0.05, 0) is 28.3 Å². The fraction of sp³-hybridized carbons (Fsp3) is 0. The number of hydrogen-bond acceptors (Lipinski definition) is 6. The van der Waals surface area contributed by atoms with E-state index in [1.165, 1.54) is 12.2 Å². The maximum atomic E-state index is 11.9. The third-order valence-electron chi connectivity index (χ3n) is 3.29. The van der Waals surface area contributed by atoms with Gasteiger partial charge in [-0.15, -0.1) is 0 Å². The largest absolute Gasteiger partial charge is 0.295 e. The summed E-state index contributed by atoms with van der Waals surface area (Å²) < 4.78 is 66.1. The van der Waals surface area contributed by atoms with Crippen molar-refractivity contribution in [2.45, 2.75) is 9.79 Å². The second kappa shape index (κ2) is 8.10. The van der Waals surface area contributed by atoms with E-state index >= 15 is 0 Å². The molecule has 0 heterocycles. The Balaban J connectivity index is 3.02. The Kier molecular flexibility index (Phi) is 6.06. The predicted octanol–water partition coefficient (Wildman–Crippen LogP) is 4.23. The summed E-state index contributed by atoms with van der Waals surface area (Å²) in [4.78, 5) is 2.40. The first kappa shape index (κ1) is 20.9. The van der Waals surface area contributed by atoms with Crippen LogP contribution in [0.5, 0.6) is 0 Å². The standard InChI is InChI=1S/C14H10N6O6S2/c15-19-17-11-8-10(7-6-9-4-2-1-3-5-9)13(27(21,22)23)12(18-20-16)14(11)28(24,25)26/h1-8H,(H,21,22,23)(H,24,25,26). The zero-order chi connectivity index (χ0) is 20.9. The molecule has 0 radical (unpaired) electrons. The summed E-state index contributed by atoms with van der Waals surface area (Å²) in [6.07, 6.45) is 2.58. The Morgan fingerprint density at radius 1 is 0.857 bits per heavy atom. The van der Waals surface area contributed by atoms with Crippen molar-refractivity contribution in [3.63, 3.8) is 0 Å². The van der Waals surface area contributed by atoms with Crippen LogP contribution in [0.2, 0.25) is 0 Å². The van der Waals surface area contributed by atoms with Gasteiger partial charge in [0.2, 0.25) is 0 Å². The first-order valence-corrected chi connectivity index (χ1v) is 9.97. The summed E-state index contributed by atoms with van der Waals surface area (Å²) in [6.45, 7) is 0. The van der Waals surface area contributed by atoms with Gasteiger partial charge < -0.3 is 0 Å². The molecule has 14 heteroatoms. The van der Waals surface area contributed by atoms with Gasteiger partial charge >= 0.3 is 0 Å². The van der Waals surface area contributed by atoms with Gasteiger partial charge in [-0.25, -0.2) is 0 Å². The highest BCUT2D eigenvalue weighted by Crippen LogP contribution is 2.42. The Morgan fingerprint density at radius 3 is 1.93 bits per heavy atom. The molecule has 12 nitrogen and oxygen atoms in total. The SMILES string of the molecule is [N-]=[N+]=Nc1cc(C=Cc2ccccc2)c(S(=O)(=O)O)c(N=[N+]=[N-])c1S(=O)(=O)O. The van der Waals surface area contributed by atoms with Crippen LogP contribution in [0, 0.1) is 0 Å². The molecule has 28 heavy (non-hydrogen) atoms. The summed E-state index contributed by atoms with van der Waals surface area (Å²) in [7, 11) is -10.3. The van der Waals surface area contributed by atoms with E-state index in [0.717, 1.165) is 6.07 Å². The van der Waals surface area contributed by atoms with Crippen molar-refractivity contribution in [2.75, 3.05) is 0 Å². The van der Waals surface area contributed by atoms with Gasteiger partial charge in [0.15, 0.2) is 0 Å². The van der Waals surface area contributed by atoms with Crippen LogP contribution >= 0.6 is 0 Å². The molecule has 0 saturated heterocycles. The van der Waals surface area contributed by atoms with Crippen LogP contribution in [0.4, 0.5) is 11.4 Å². The number of azide groups is 2. The highest BCUT2D eigenvalue weighted by Gasteiger charge is 2.29. The third kappa shape index (κ3) is 4.66. The highest BCUT2D eigenvalue weighted by atomic mass is 32.2. The number of hydrogen-bond donors (Lipinski definition) is 2. The maximum Gasteiger partial charge on any atom is 0.295 e. The van der Waals surface area contributed by atoms with E-state index in [9.17, 15) is 25.9 Å². The molecular weight excluding hydrogens is 412 g/mol. The van der Waals surface area contributed by atoms with Gasteiger partial charge in [0.25, 0.3) is 20.2 Å². The van der Waals surface area contributed by atoms with Gasteiger partial charge in [-0.3, -0.25) is 9.11 Å². The Hall–Kier alpha value is -3.38. The van der Waals surface area contributed by atoms with Crippen molar-refractivity contribution in [3.05, 3.63) is 68.4 Å². The van der Waals surface area contributed by atoms with Crippen LogP contribution in [0.15, 0.2) is 56.4 Å². The molecule has 0 fully saturated rings. The minimum atomic E-state index is -5.20. The van der Waals surface area contributed by atoms with E-state index in [1.54, 1.807) is 30.3 Å². The average Bonchev–Trinajstić information content (AvgIpc) is 2.59. The molecule has 2 N–H and O–H groups in total. The Bertz CT molecular complexity index is 1260. The van der Waals surface area contributed by atoms with Crippen LogP contribution in [-0.2, 0) is 20.2 Å². The minimum Gasteiger partial charge on any atom is -0.282 e. The van der Waals surface area contributed by atoms with Gasteiger partial charge in [-0.2, -0.15) is 16.8 Å². The molecule has 0 saturated carbocycles. The molecule has 0 aliphatic rings. The van der Waals surface area contributed by atoms with Crippen LogP contribution in [0.1, 0.15) is 11.1 Å². The number of nitrogens with zero attached hydrogens (tertiary/aromatic N) is 6. The quantitative estimate of drug-likeness (QED) is 0.228. The zero-order valence-electron chi connectivity index (χ0n) is 13.6. The lowest BCUT2D eigenvalue weighted by Gasteiger charge is -2.13. The minimum absolute atomic E-state index is 0.344. The molecule has 0 unspecified atom stereocenters. The summed E-state index contributed by atoms with van der Waals surface area (Å²) in [5, 5.41) is 6.09. The first-order chi connectivity index (χ1) is 13.1. The van der Waals surface area contributed by atoms with Gasteiger partial charge in [-0.1, -0.05) is 52.7 Å². The Morgan fingerprint density at radius 2 is 1.43 bits per heavy atom. The van der Waals surface area contributed by atoms with Crippen LogP contribution < -0.4 is 0 Å². The molecule has 0 aromatic heterocycles. The smallest absolute Gasteiger partial charge is 0.282 e. The molecule has 0 spiro atoms. The van der Waals surface area contributed by atoms with E-state index in [1.807, 2.05) is 0 Å². The van der Waals surface area contributed by atoms with E-state index in [0.29, 0.717) is 5.56 Å². The lowest BCUT2D eigenvalue weighted by atomic mass is 10.1. The molecule has 2 aromatic carbocycles. The van der Waals surface area contributed by atoms with Crippen LogP contribution in [0.25, 0.3) is 33.0 Å². The Labute approximate surface area is 158 Å². The predicted molar refractivity (Wildman–Crippen MR) is 99.1 cm³/mol. The molecule has 0 aliphatic carbocycles.